The second-order valence-corrected chi connectivity index (χ2v) is 3.53. The van der Waals surface area contributed by atoms with Crippen molar-refractivity contribution in [3.8, 4) is 5.75 Å². The molecule has 1 N–H and O–H groups in total. The number of ether oxygens (including phenoxy) is 1. The lowest BCUT2D eigenvalue weighted by Crippen LogP contribution is -2.07. The number of methoxy groups -OCH3 is 1. The van der Waals surface area contributed by atoms with Crippen LogP contribution in [0.25, 0.3) is 0 Å². The lowest BCUT2D eigenvalue weighted by atomic mass is 10.1. The second-order valence-electron chi connectivity index (χ2n) is 3.53. The molecule has 0 fully saturated rings. The molecule has 1 aliphatic carbocycles. The van der Waals surface area contributed by atoms with Gasteiger partial charge in [-0.1, -0.05) is 5.16 Å². The summed E-state index contributed by atoms with van der Waals surface area (Å²) < 4.78 is 5.16. The van der Waals surface area contributed by atoms with E-state index in [4.69, 9.17) is 9.94 Å². The standard InChI is InChI=1S/C11H11NO3/c1-6-3-8-7(5-10(6)15-2)4-9(12-14)11(8)13/h3,5,14H,4H2,1-2H3/b12-9-. The number of Topliss-reactive ketones (excluding diaryl/α,β-unsaturated/α-hetero) is 1. The molecule has 0 saturated carbocycles. The lowest BCUT2D eigenvalue weighted by molar-refractivity contribution is 0.106. The topological polar surface area (TPSA) is 58.9 Å². The van der Waals surface area contributed by atoms with Crippen LogP contribution in [0.1, 0.15) is 21.5 Å². The molecular weight excluding hydrogens is 194 g/mol. The van der Waals surface area contributed by atoms with E-state index < -0.39 is 0 Å². The third-order valence-corrected chi connectivity index (χ3v) is 2.61. The monoisotopic (exact) mass is 205 g/mol. The number of benzene rings is 1. The zero-order valence-electron chi connectivity index (χ0n) is 8.57. The van der Waals surface area contributed by atoms with Crippen molar-refractivity contribution in [2.24, 2.45) is 5.16 Å². The van der Waals surface area contributed by atoms with Crippen molar-refractivity contribution >= 4 is 11.5 Å². The van der Waals surface area contributed by atoms with Gasteiger partial charge in [-0.3, -0.25) is 4.79 Å². The summed E-state index contributed by atoms with van der Waals surface area (Å²) in [5.41, 5.74) is 2.57. The highest BCUT2D eigenvalue weighted by Gasteiger charge is 2.27. The molecule has 0 aromatic heterocycles. The second kappa shape index (κ2) is 3.38. The first-order valence-electron chi connectivity index (χ1n) is 4.60. The minimum atomic E-state index is -0.196. The molecular formula is C11H11NO3. The Bertz CT molecular complexity index is 463. The third-order valence-electron chi connectivity index (χ3n) is 2.61. The first-order chi connectivity index (χ1) is 7.17. The molecule has 0 saturated heterocycles. The van der Waals surface area contributed by atoms with Gasteiger partial charge in [0.05, 0.1) is 7.11 Å². The van der Waals surface area contributed by atoms with Gasteiger partial charge in [-0.15, -0.1) is 0 Å². The number of rotatable bonds is 1. The summed E-state index contributed by atoms with van der Waals surface area (Å²) in [6.07, 6.45) is 0.376. The number of oxime groups is 1. The maximum Gasteiger partial charge on any atom is 0.211 e. The number of fused-ring (bicyclic) bond motifs is 1. The fourth-order valence-corrected chi connectivity index (χ4v) is 1.80. The molecule has 0 amide bonds. The largest absolute Gasteiger partial charge is 0.496 e. The smallest absolute Gasteiger partial charge is 0.211 e. The van der Waals surface area contributed by atoms with E-state index in [1.54, 1.807) is 13.2 Å². The van der Waals surface area contributed by atoms with Gasteiger partial charge in [0.1, 0.15) is 11.5 Å². The maximum atomic E-state index is 11.6. The van der Waals surface area contributed by atoms with E-state index in [9.17, 15) is 4.79 Å². The van der Waals surface area contributed by atoms with Crippen molar-refractivity contribution in [3.63, 3.8) is 0 Å². The number of ketones is 1. The fraction of sp³-hybridized carbons (Fsp3) is 0.273. The molecule has 0 unspecified atom stereocenters. The van der Waals surface area contributed by atoms with Gasteiger partial charge in [0.15, 0.2) is 0 Å². The highest BCUT2D eigenvalue weighted by atomic mass is 16.5. The van der Waals surface area contributed by atoms with Crippen LogP contribution in [0, 0.1) is 6.92 Å². The Balaban J connectivity index is 2.56. The summed E-state index contributed by atoms with van der Waals surface area (Å²) in [5.74, 6) is 0.555. The summed E-state index contributed by atoms with van der Waals surface area (Å²) >= 11 is 0. The van der Waals surface area contributed by atoms with Crippen molar-refractivity contribution < 1.29 is 14.7 Å². The summed E-state index contributed by atoms with van der Waals surface area (Å²) in [6, 6.07) is 3.59. The molecule has 1 aliphatic rings. The molecule has 78 valence electrons. The molecule has 1 aromatic carbocycles. The van der Waals surface area contributed by atoms with Crippen LogP contribution in [0.5, 0.6) is 5.75 Å². The zero-order chi connectivity index (χ0) is 11.0. The van der Waals surface area contributed by atoms with Crippen LogP contribution in [0.4, 0.5) is 0 Å². The van der Waals surface area contributed by atoms with Crippen molar-refractivity contribution in [2.45, 2.75) is 13.3 Å². The molecule has 15 heavy (non-hydrogen) atoms. The number of hydrogen-bond donors (Lipinski definition) is 1. The van der Waals surface area contributed by atoms with Gasteiger partial charge in [0.2, 0.25) is 5.78 Å². The van der Waals surface area contributed by atoms with E-state index in [1.165, 1.54) is 0 Å². The van der Waals surface area contributed by atoms with Crippen LogP contribution in [-0.4, -0.2) is 23.8 Å². The molecule has 0 spiro atoms. The van der Waals surface area contributed by atoms with Crippen LogP contribution in [-0.2, 0) is 6.42 Å². The van der Waals surface area contributed by atoms with Crippen molar-refractivity contribution in [1.29, 1.82) is 0 Å². The summed E-state index contributed by atoms with van der Waals surface area (Å²) in [6.45, 7) is 1.88. The summed E-state index contributed by atoms with van der Waals surface area (Å²) in [7, 11) is 1.59. The molecule has 0 bridgehead atoms. The van der Waals surface area contributed by atoms with Gasteiger partial charge < -0.3 is 9.94 Å². The van der Waals surface area contributed by atoms with E-state index in [1.807, 2.05) is 13.0 Å². The molecule has 2 rings (SSSR count). The number of carbonyl (C=O) groups excluding carboxylic acids is 1. The van der Waals surface area contributed by atoms with Crippen molar-refractivity contribution in [3.05, 3.63) is 28.8 Å². The maximum absolute atomic E-state index is 11.6. The first kappa shape index (κ1) is 9.71. The molecule has 0 radical (unpaired) electrons. The van der Waals surface area contributed by atoms with Crippen LogP contribution < -0.4 is 4.74 Å². The van der Waals surface area contributed by atoms with Crippen molar-refractivity contribution in [1.82, 2.24) is 0 Å². The van der Waals surface area contributed by atoms with Crippen LogP contribution >= 0.6 is 0 Å². The molecule has 0 atom stereocenters. The van der Waals surface area contributed by atoms with E-state index in [2.05, 4.69) is 5.16 Å². The Labute approximate surface area is 87.2 Å². The first-order valence-corrected chi connectivity index (χ1v) is 4.60. The van der Waals surface area contributed by atoms with Gasteiger partial charge in [-0.2, -0.15) is 0 Å². The molecule has 4 nitrogen and oxygen atoms in total. The minimum Gasteiger partial charge on any atom is -0.496 e. The number of aryl methyl sites for hydroxylation is 1. The molecule has 0 heterocycles. The minimum absolute atomic E-state index is 0.192. The number of nitrogens with zero attached hydrogens (tertiary/aromatic N) is 1. The highest BCUT2D eigenvalue weighted by Crippen LogP contribution is 2.28. The summed E-state index contributed by atoms with van der Waals surface area (Å²) in [5, 5.41) is 11.6. The Kier molecular flexibility index (Phi) is 2.19. The van der Waals surface area contributed by atoms with E-state index in [0.717, 1.165) is 16.9 Å². The van der Waals surface area contributed by atoms with Crippen molar-refractivity contribution in [2.75, 3.05) is 7.11 Å². The molecule has 1 aromatic rings. The van der Waals surface area contributed by atoms with Crippen LogP contribution in [0.15, 0.2) is 17.3 Å². The van der Waals surface area contributed by atoms with Gasteiger partial charge in [-0.25, -0.2) is 0 Å². The normalized spacial score (nSPS) is 16.9. The Hall–Kier alpha value is -1.84. The van der Waals surface area contributed by atoms with Gasteiger partial charge in [0.25, 0.3) is 0 Å². The average molecular weight is 205 g/mol. The van der Waals surface area contributed by atoms with Gasteiger partial charge in [-0.05, 0) is 30.2 Å². The predicted molar refractivity (Wildman–Crippen MR) is 55.0 cm³/mol. The van der Waals surface area contributed by atoms with E-state index in [0.29, 0.717) is 12.0 Å². The fourth-order valence-electron chi connectivity index (χ4n) is 1.80. The quantitative estimate of drug-likeness (QED) is 0.559. The van der Waals surface area contributed by atoms with Crippen LogP contribution in [0.2, 0.25) is 0 Å². The third kappa shape index (κ3) is 1.38. The molecule has 4 heteroatoms. The highest BCUT2D eigenvalue weighted by molar-refractivity contribution is 6.49. The van der Waals surface area contributed by atoms with Crippen LogP contribution in [0.3, 0.4) is 0 Å². The van der Waals surface area contributed by atoms with Gasteiger partial charge >= 0.3 is 0 Å². The summed E-state index contributed by atoms with van der Waals surface area (Å²) in [4.78, 5) is 11.6. The molecule has 0 aliphatic heterocycles. The average Bonchev–Trinajstić information content (AvgIpc) is 2.54. The lowest BCUT2D eigenvalue weighted by Gasteiger charge is -2.06. The SMILES string of the molecule is COc1cc2c(cc1C)C(=O)/C(=N\O)C2. The zero-order valence-corrected chi connectivity index (χ0v) is 8.57. The van der Waals surface area contributed by atoms with Gasteiger partial charge in [0, 0.05) is 12.0 Å². The van der Waals surface area contributed by atoms with E-state index >= 15 is 0 Å². The van der Waals surface area contributed by atoms with E-state index in [-0.39, 0.29) is 11.5 Å². The Morgan fingerprint density at radius 1 is 1.47 bits per heavy atom. The Morgan fingerprint density at radius 3 is 2.80 bits per heavy atom. The Morgan fingerprint density at radius 2 is 2.20 bits per heavy atom. The number of hydrogen-bond acceptors (Lipinski definition) is 4. The number of carbonyl (C=O) groups is 1. The predicted octanol–water partition coefficient (Wildman–Crippen LogP) is 1.57.